The largest absolute Gasteiger partial charge is 0.468 e. The molecule has 0 aliphatic carbocycles. The topological polar surface area (TPSA) is 89.7 Å². The van der Waals surface area contributed by atoms with Crippen molar-refractivity contribution in [1.82, 2.24) is 4.31 Å². The zero-order chi connectivity index (χ0) is 12.5. The minimum Gasteiger partial charge on any atom is -0.468 e. The minimum absolute atomic E-state index is 0.111. The molecule has 3 atom stereocenters. The van der Waals surface area contributed by atoms with Gasteiger partial charge in [0, 0.05) is 19.1 Å². The lowest BCUT2D eigenvalue weighted by Crippen LogP contribution is -2.41. The molecule has 0 bridgehead atoms. The van der Waals surface area contributed by atoms with Crippen LogP contribution in [0.4, 0.5) is 0 Å². The fourth-order valence-corrected chi connectivity index (χ4v) is 3.27. The van der Waals surface area contributed by atoms with Crippen molar-refractivity contribution in [3.8, 4) is 0 Å². The molecule has 0 saturated carbocycles. The number of ether oxygens (including phenoxy) is 1. The summed E-state index contributed by atoms with van der Waals surface area (Å²) >= 11 is 0. The average Bonchev–Trinajstić information content (AvgIpc) is 2.57. The van der Waals surface area contributed by atoms with E-state index in [1.807, 2.05) is 6.92 Å². The lowest BCUT2D eigenvalue weighted by atomic mass is 10.1. The second-order valence-corrected chi connectivity index (χ2v) is 6.42. The van der Waals surface area contributed by atoms with Gasteiger partial charge in [-0.3, -0.25) is 4.79 Å². The average molecular weight is 250 g/mol. The monoisotopic (exact) mass is 250 g/mol. The maximum atomic E-state index is 12.0. The molecule has 0 aromatic heterocycles. The Hall–Kier alpha value is -0.660. The first-order chi connectivity index (χ1) is 7.30. The van der Waals surface area contributed by atoms with Crippen molar-refractivity contribution in [2.45, 2.75) is 25.1 Å². The Bertz CT molecular complexity index is 358. The number of hydrogen-bond acceptors (Lipinski definition) is 5. The number of rotatable bonds is 3. The fraction of sp³-hybridized carbons (Fsp3) is 0.889. The third-order valence-corrected chi connectivity index (χ3v) is 5.08. The van der Waals surface area contributed by atoms with E-state index in [-0.39, 0.29) is 18.5 Å². The summed E-state index contributed by atoms with van der Waals surface area (Å²) in [5, 5.41) is -1.17. The fourth-order valence-electron chi connectivity index (χ4n) is 1.67. The molecule has 0 radical (unpaired) electrons. The predicted molar refractivity (Wildman–Crippen MR) is 59.1 cm³/mol. The van der Waals surface area contributed by atoms with Crippen LogP contribution in [0.5, 0.6) is 0 Å². The second-order valence-electron chi connectivity index (χ2n) is 4.17. The molecule has 2 N–H and O–H groups in total. The summed E-state index contributed by atoms with van der Waals surface area (Å²) < 4.78 is 29.7. The van der Waals surface area contributed by atoms with Crippen LogP contribution in [-0.4, -0.2) is 50.2 Å². The highest BCUT2D eigenvalue weighted by molar-refractivity contribution is 7.90. The van der Waals surface area contributed by atoms with Gasteiger partial charge < -0.3 is 10.5 Å². The third kappa shape index (κ3) is 2.36. The third-order valence-electron chi connectivity index (χ3n) is 2.98. The van der Waals surface area contributed by atoms with Crippen LogP contribution in [0.1, 0.15) is 13.8 Å². The van der Waals surface area contributed by atoms with E-state index >= 15 is 0 Å². The molecule has 1 aliphatic heterocycles. The maximum absolute atomic E-state index is 12.0. The minimum atomic E-state index is -3.64. The first-order valence-electron chi connectivity index (χ1n) is 5.13. The molecule has 1 rings (SSSR count). The SMILES string of the molecule is COC(=O)C(C)S(=O)(=O)N1CC(C)C(N)C1. The van der Waals surface area contributed by atoms with Gasteiger partial charge in [0.05, 0.1) is 7.11 Å². The number of nitrogens with zero attached hydrogens (tertiary/aromatic N) is 1. The highest BCUT2D eigenvalue weighted by atomic mass is 32.2. The Labute approximate surface area is 95.8 Å². The van der Waals surface area contributed by atoms with Gasteiger partial charge in [-0.2, -0.15) is 4.31 Å². The molecule has 1 heterocycles. The Morgan fingerprint density at radius 2 is 2.06 bits per heavy atom. The smallest absolute Gasteiger partial charge is 0.325 e. The number of methoxy groups -OCH3 is 1. The van der Waals surface area contributed by atoms with Crippen LogP contribution in [-0.2, 0) is 19.6 Å². The van der Waals surface area contributed by atoms with Crippen LogP contribution in [0.3, 0.4) is 0 Å². The molecule has 7 heteroatoms. The van der Waals surface area contributed by atoms with E-state index in [0.29, 0.717) is 6.54 Å². The summed E-state index contributed by atoms with van der Waals surface area (Å²) in [5.74, 6) is -0.632. The van der Waals surface area contributed by atoms with Gasteiger partial charge in [0.2, 0.25) is 10.0 Å². The predicted octanol–water partition coefficient (Wildman–Crippen LogP) is -0.843. The molecule has 1 fully saturated rings. The van der Waals surface area contributed by atoms with Crippen molar-refractivity contribution >= 4 is 16.0 Å². The lowest BCUT2D eigenvalue weighted by Gasteiger charge is -2.19. The molecule has 16 heavy (non-hydrogen) atoms. The number of esters is 1. The number of hydrogen-bond donors (Lipinski definition) is 1. The van der Waals surface area contributed by atoms with Gasteiger partial charge in [-0.05, 0) is 12.8 Å². The van der Waals surface area contributed by atoms with Crippen LogP contribution in [0, 0.1) is 5.92 Å². The molecule has 6 nitrogen and oxygen atoms in total. The van der Waals surface area contributed by atoms with E-state index in [9.17, 15) is 13.2 Å². The standard InChI is InChI=1S/C9H18N2O4S/c1-6-4-11(5-8(6)10)16(13,14)7(2)9(12)15-3/h6-8H,4-5,10H2,1-3H3. The Kier molecular flexibility index (Phi) is 3.92. The van der Waals surface area contributed by atoms with Gasteiger partial charge in [-0.25, -0.2) is 8.42 Å². The molecular weight excluding hydrogens is 232 g/mol. The van der Waals surface area contributed by atoms with E-state index in [1.165, 1.54) is 18.3 Å². The van der Waals surface area contributed by atoms with Crippen LogP contribution in [0.15, 0.2) is 0 Å². The molecule has 3 unspecified atom stereocenters. The summed E-state index contributed by atoms with van der Waals surface area (Å²) in [5.41, 5.74) is 5.75. The molecule has 0 amide bonds. The molecule has 0 aromatic carbocycles. The van der Waals surface area contributed by atoms with E-state index in [4.69, 9.17) is 5.73 Å². The highest BCUT2D eigenvalue weighted by Crippen LogP contribution is 2.21. The number of carbonyl (C=O) groups is 1. The Balaban J connectivity index is 2.83. The molecule has 1 aliphatic rings. The van der Waals surface area contributed by atoms with Gasteiger partial charge in [-0.15, -0.1) is 0 Å². The van der Waals surface area contributed by atoms with Gasteiger partial charge in [0.25, 0.3) is 0 Å². The number of nitrogens with two attached hydrogens (primary N) is 1. The van der Waals surface area contributed by atoms with Crippen molar-refractivity contribution in [2.24, 2.45) is 11.7 Å². The van der Waals surface area contributed by atoms with E-state index < -0.39 is 21.2 Å². The number of sulfonamides is 1. The first kappa shape index (κ1) is 13.4. The van der Waals surface area contributed by atoms with Crippen LogP contribution < -0.4 is 5.73 Å². The molecular formula is C9H18N2O4S. The summed E-state index contributed by atoms with van der Waals surface area (Å²) in [6, 6.07) is -0.167. The van der Waals surface area contributed by atoms with Crippen LogP contribution in [0.2, 0.25) is 0 Å². The van der Waals surface area contributed by atoms with Crippen molar-refractivity contribution in [2.75, 3.05) is 20.2 Å². The zero-order valence-electron chi connectivity index (χ0n) is 9.71. The van der Waals surface area contributed by atoms with Gasteiger partial charge in [0.15, 0.2) is 5.25 Å². The van der Waals surface area contributed by atoms with Crippen LogP contribution >= 0.6 is 0 Å². The van der Waals surface area contributed by atoms with Gasteiger partial charge in [-0.1, -0.05) is 6.92 Å². The summed E-state index contributed by atoms with van der Waals surface area (Å²) in [4.78, 5) is 11.2. The van der Waals surface area contributed by atoms with Crippen LogP contribution in [0.25, 0.3) is 0 Å². The summed E-state index contributed by atoms with van der Waals surface area (Å²) in [6.07, 6.45) is 0. The normalized spacial score (nSPS) is 29.0. The van der Waals surface area contributed by atoms with Gasteiger partial charge >= 0.3 is 5.97 Å². The Morgan fingerprint density at radius 1 is 1.50 bits per heavy atom. The van der Waals surface area contributed by atoms with E-state index in [2.05, 4.69) is 4.74 Å². The molecule has 0 spiro atoms. The summed E-state index contributed by atoms with van der Waals surface area (Å²) in [6.45, 7) is 3.86. The van der Waals surface area contributed by atoms with Crippen molar-refractivity contribution in [3.05, 3.63) is 0 Å². The maximum Gasteiger partial charge on any atom is 0.325 e. The van der Waals surface area contributed by atoms with Gasteiger partial charge in [0.1, 0.15) is 0 Å². The van der Waals surface area contributed by atoms with E-state index in [1.54, 1.807) is 0 Å². The molecule has 1 saturated heterocycles. The molecule has 0 aromatic rings. The second kappa shape index (κ2) is 4.68. The molecule has 94 valence electrons. The summed E-state index contributed by atoms with van der Waals surface area (Å²) in [7, 11) is -2.46. The lowest BCUT2D eigenvalue weighted by molar-refractivity contribution is -0.139. The van der Waals surface area contributed by atoms with Crippen molar-refractivity contribution in [1.29, 1.82) is 0 Å². The Morgan fingerprint density at radius 3 is 2.44 bits per heavy atom. The van der Waals surface area contributed by atoms with Crippen molar-refractivity contribution in [3.63, 3.8) is 0 Å². The first-order valence-corrected chi connectivity index (χ1v) is 6.63. The van der Waals surface area contributed by atoms with E-state index in [0.717, 1.165) is 0 Å². The quantitative estimate of drug-likeness (QED) is 0.659. The zero-order valence-corrected chi connectivity index (χ0v) is 10.5. The number of carbonyl (C=O) groups excluding carboxylic acids is 1. The highest BCUT2D eigenvalue weighted by Gasteiger charge is 2.40. The van der Waals surface area contributed by atoms with Crippen molar-refractivity contribution < 1.29 is 17.9 Å².